The van der Waals surface area contributed by atoms with Gasteiger partial charge in [-0.2, -0.15) is 0 Å². The van der Waals surface area contributed by atoms with Crippen molar-refractivity contribution in [1.29, 1.82) is 0 Å². The van der Waals surface area contributed by atoms with Gasteiger partial charge in [-0.3, -0.25) is 0 Å². The summed E-state index contributed by atoms with van der Waals surface area (Å²) in [6.07, 6.45) is 0. The molecule has 15 aromatic rings. The van der Waals surface area contributed by atoms with Crippen LogP contribution in [0.1, 0.15) is 130 Å². The van der Waals surface area contributed by atoms with Gasteiger partial charge >= 0.3 is 0 Å². The number of benzene rings is 13. The smallest absolute Gasteiger partial charge is 0.0543 e. The number of anilines is 6. The molecule has 0 unspecified atom stereocenters. The summed E-state index contributed by atoms with van der Waals surface area (Å²) >= 11 is 7.52. The van der Waals surface area contributed by atoms with E-state index in [0.717, 1.165) is 76.7 Å². The molecule has 0 atom stereocenters. The average Bonchev–Trinajstić information content (AvgIpc) is 1.57. The minimum absolute atomic E-state index is 0.00915. The second-order valence-electron chi connectivity index (χ2n) is 32.6. The van der Waals surface area contributed by atoms with E-state index in [1.165, 1.54) is 98.9 Å². The minimum Gasteiger partial charge on any atom is -0.310 e. The second kappa shape index (κ2) is 24.2. The van der Waals surface area contributed by atoms with Gasteiger partial charge in [-0.15, -0.1) is 0 Å². The summed E-state index contributed by atoms with van der Waals surface area (Å²) < 4.78 is 7.09. The topological polar surface area (TPSA) is 16.3 Å². The van der Waals surface area contributed by atoms with Crippen LogP contribution in [0.2, 0.25) is 0 Å². The molecule has 1 aliphatic rings. The molecule has 0 spiro atoms. The Balaban J connectivity index is 0.866. The van der Waals surface area contributed by atoms with Crippen molar-refractivity contribution >= 4 is 120 Å². The van der Waals surface area contributed by atoms with Crippen LogP contribution in [0.3, 0.4) is 0 Å². The van der Waals surface area contributed by atoms with E-state index in [-0.39, 0.29) is 21.7 Å². The Kier molecular flexibility index (Phi) is 15.8. The first-order valence-electron chi connectivity index (χ1n) is 35.6. The lowest BCUT2D eigenvalue weighted by molar-refractivity contribution is 0.590. The lowest BCUT2D eigenvalue weighted by Gasteiger charge is -2.30. The van der Waals surface area contributed by atoms with Gasteiger partial charge in [0.1, 0.15) is 0 Å². The lowest BCUT2D eigenvalue weighted by atomic mass is 9.81. The number of halogens is 2. The fourth-order valence-electron chi connectivity index (χ4n) is 15.7. The van der Waals surface area contributed by atoms with Gasteiger partial charge in [0.15, 0.2) is 0 Å². The Morgan fingerprint density at radius 3 is 1.08 bits per heavy atom. The molecule has 16 rings (SSSR count). The molecule has 4 nitrogen and oxygen atoms in total. The summed E-state index contributed by atoms with van der Waals surface area (Å²) in [5.41, 5.74) is 28.1. The van der Waals surface area contributed by atoms with Crippen molar-refractivity contribution in [2.24, 2.45) is 0 Å². The average molecular weight is 1440 g/mol. The van der Waals surface area contributed by atoms with Gasteiger partial charge in [0, 0.05) is 81.1 Å². The summed E-state index contributed by atoms with van der Waals surface area (Å²) in [6, 6.07) is 101. The molecule has 500 valence electrons. The van der Waals surface area contributed by atoms with E-state index >= 15 is 0 Å². The van der Waals surface area contributed by atoms with E-state index < -0.39 is 5.41 Å². The Bertz CT molecular complexity index is 5670. The zero-order chi connectivity index (χ0) is 70.4. The SMILES string of the molecule is CC(C)(C)c1ccc2c(c1)c1cc(C(C)(C)C)ccc1n2-c1cccc(N(c2ccc(-c3cccc(Br)c3)cc2)c2ccc3c(c2)C(C)(C)c2cc(N(c4ccc(-c5cccc(Br)c5)cc4)c4cccc(-n5c6ccc(C(C)(C)C)cc6c6cc(C(C)(C)C)ccc65)c4)c4ccccc4c2-3)c1. The van der Waals surface area contributed by atoms with Crippen molar-refractivity contribution in [2.45, 2.75) is 124 Å². The van der Waals surface area contributed by atoms with Crippen molar-refractivity contribution in [3.05, 3.63) is 309 Å². The van der Waals surface area contributed by atoms with Crippen LogP contribution in [-0.4, -0.2) is 9.13 Å². The highest BCUT2D eigenvalue weighted by molar-refractivity contribution is 9.10. The van der Waals surface area contributed by atoms with E-state index in [1.807, 2.05) is 0 Å². The van der Waals surface area contributed by atoms with Crippen LogP contribution in [0.15, 0.2) is 276 Å². The van der Waals surface area contributed by atoms with Crippen LogP contribution >= 0.6 is 31.9 Å². The molecule has 6 heteroatoms. The molecule has 101 heavy (non-hydrogen) atoms. The number of nitrogens with zero attached hydrogens (tertiary/aromatic N) is 4. The standard InChI is InChI=1S/C95H86Br2N4/c1-91(2,3)63-35-45-85-79(51-63)80-52-64(92(4,5)6)36-46-86(80)100(85)73-27-19-25-71(55-73)98(69-39-31-59(32-40-69)61-21-17-23-67(96)49-61)75-43-44-78-83(57-75)95(13,14)84-58-89(76-29-15-16-30-77(76)90(78)84)99(70-41-33-60(34-42-70)62-22-18-24-68(97)50-62)72-26-20-28-74(56-72)101-87-47-37-65(93(7,8)9)53-81(87)82-54-66(94(10,11)12)38-48-88(82)101/h15-58H,1-14H3. The normalized spacial score (nSPS) is 13.2. The van der Waals surface area contributed by atoms with Crippen LogP contribution in [-0.2, 0) is 27.1 Å². The summed E-state index contributed by atoms with van der Waals surface area (Å²) in [5, 5.41) is 7.49. The molecule has 0 N–H and O–H groups in total. The van der Waals surface area contributed by atoms with Crippen molar-refractivity contribution in [3.8, 4) is 44.8 Å². The first-order chi connectivity index (χ1) is 48.1. The van der Waals surface area contributed by atoms with Gasteiger partial charge in [-0.05, 0) is 245 Å². The number of hydrogen-bond donors (Lipinski definition) is 0. The third kappa shape index (κ3) is 11.6. The molecule has 0 fully saturated rings. The van der Waals surface area contributed by atoms with Gasteiger partial charge in [0.05, 0.1) is 27.8 Å². The van der Waals surface area contributed by atoms with Gasteiger partial charge in [0.2, 0.25) is 0 Å². The molecule has 2 aromatic heterocycles. The molecule has 0 saturated heterocycles. The number of aromatic nitrogens is 2. The maximum absolute atomic E-state index is 3.77. The summed E-state index contributed by atoms with van der Waals surface area (Å²) in [4.78, 5) is 4.98. The fourth-order valence-corrected chi connectivity index (χ4v) is 16.5. The summed E-state index contributed by atoms with van der Waals surface area (Å²) in [6.45, 7) is 32.6. The molecule has 2 heterocycles. The maximum Gasteiger partial charge on any atom is 0.0543 e. The molecule has 0 saturated carbocycles. The molecular weight excluding hydrogens is 1360 g/mol. The van der Waals surface area contributed by atoms with Crippen LogP contribution in [0.25, 0.3) is 99.1 Å². The van der Waals surface area contributed by atoms with E-state index in [9.17, 15) is 0 Å². The van der Waals surface area contributed by atoms with E-state index in [2.05, 4.69) is 415 Å². The Hall–Kier alpha value is -9.72. The monoisotopic (exact) mass is 1440 g/mol. The van der Waals surface area contributed by atoms with Crippen molar-refractivity contribution < 1.29 is 0 Å². The maximum atomic E-state index is 3.77. The fraction of sp³-hybridized carbons (Fsp3) is 0.200. The number of fused-ring (bicyclic) bond motifs is 11. The highest BCUT2D eigenvalue weighted by Gasteiger charge is 2.39. The van der Waals surface area contributed by atoms with Crippen LogP contribution in [0.5, 0.6) is 0 Å². The molecule has 0 amide bonds. The summed E-state index contributed by atoms with van der Waals surface area (Å²) in [5.74, 6) is 0. The zero-order valence-corrected chi connectivity index (χ0v) is 63.6. The van der Waals surface area contributed by atoms with Gasteiger partial charge in [-0.25, -0.2) is 0 Å². The van der Waals surface area contributed by atoms with Gasteiger partial charge in [-0.1, -0.05) is 244 Å². The van der Waals surface area contributed by atoms with Crippen LogP contribution < -0.4 is 9.80 Å². The first kappa shape index (κ1) is 65.9. The summed E-state index contributed by atoms with van der Waals surface area (Å²) in [7, 11) is 0. The predicted octanol–water partition coefficient (Wildman–Crippen LogP) is 28.3. The number of hydrogen-bond acceptors (Lipinski definition) is 2. The minimum atomic E-state index is -0.433. The van der Waals surface area contributed by atoms with Crippen molar-refractivity contribution in [3.63, 3.8) is 0 Å². The van der Waals surface area contributed by atoms with Crippen LogP contribution in [0.4, 0.5) is 34.1 Å². The molecule has 1 aliphatic carbocycles. The zero-order valence-electron chi connectivity index (χ0n) is 60.4. The Labute approximate surface area is 612 Å². The largest absolute Gasteiger partial charge is 0.310 e. The van der Waals surface area contributed by atoms with E-state index in [4.69, 9.17) is 0 Å². The van der Waals surface area contributed by atoms with Gasteiger partial charge < -0.3 is 18.9 Å². The predicted molar refractivity (Wildman–Crippen MR) is 441 cm³/mol. The van der Waals surface area contributed by atoms with Crippen molar-refractivity contribution in [2.75, 3.05) is 9.80 Å². The van der Waals surface area contributed by atoms with Crippen molar-refractivity contribution in [1.82, 2.24) is 9.13 Å². The molecule has 13 aromatic carbocycles. The molecule has 0 aliphatic heterocycles. The first-order valence-corrected chi connectivity index (χ1v) is 37.2. The highest BCUT2D eigenvalue weighted by atomic mass is 79.9. The highest BCUT2D eigenvalue weighted by Crippen LogP contribution is 2.57. The van der Waals surface area contributed by atoms with Crippen LogP contribution in [0, 0.1) is 0 Å². The van der Waals surface area contributed by atoms with E-state index in [0.29, 0.717) is 0 Å². The molecular formula is C95H86Br2N4. The Morgan fingerprint density at radius 1 is 0.287 bits per heavy atom. The third-order valence-electron chi connectivity index (χ3n) is 21.4. The van der Waals surface area contributed by atoms with Gasteiger partial charge in [0.25, 0.3) is 0 Å². The third-order valence-corrected chi connectivity index (χ3v) is 22.4. The lowest BCUT2D eigenvalue weighted by Crippen LogP contribution is -2.18. The number of rotatable bonds is 10. The molecule has 0 bridgehead atoms. The van der Waals surface area contributed by atoms with E-state index in [1.54, 1.807) is 0 Å². The second-order valence-corrected chi connectivity index (χ2v) is 34.5. The Morgan fingerprint density at radius 2 is 0.663 bits per heavy atom. The molecule has 0 radical (unpaired) electrons. The quantitative estimate of drug-likeness (QED) is 0.136.